The van der Waals surface area contributed by atoms with Crippen molar-refractivity contribution in [3.8, 4) is 0 Å². The average molecular weight is 327 g/mol. The van der Waals surface area contributed by atoms with E-state index in [2.05, 4.69) is 15.7 Å². The molecule has 0 aliphatic heterocycles. The molecule has 2 rings (SSSR count). The Hall–Kier alpha value is -1.66. The molecular weight excluding hydrogens is 311 g/mol. The van der Waals surface area contributed by atoms with Gasteiger partial charge < -0.3 is 10.6 Å². The molecule has 0 bridgehead atoms. The second-order valence-corrected chi connectivity index (χ2v) is 5.36. The van der Waals surface area contributed by atoms with Gasteiger partial charge in [-0.3, -0.25) is 4.68 Å². The van der Waals surface area contributed by atoms with Crippen LogP contribution in [0.4, 0.5) is 10.1 Å². The van der Waals surface area contributed by atoms with Crippen molar-refractivity contribution in [2.24, 2.45) is 0 Å². The van der Waals surface area contributed by atoms with Crippen molar-refractivity contribution < 1.29 is 4.39 Å². The summed E-state index contributed by atoms with van der Waals surface area (Å²) in [6, 6.07) is 6.26. The highest BCUT2D eigenvalue weighted by molar-refractivity contribution is 7.80. The molecule has 0 saturated heterocycles. The van der Waals surface area contributed by atoms with Crippen molar-refractivity contribution in [1.82, 2.24) is 15.1 Å². The topological polar surface area (TPSA) is 41.9 Å². The first-order valence-corrected chi connectivity index (χ1v) is 7.34. The van der Waals surface area contributed by atoms with Crippen LogP contribution in [0.25, 0.3) is 0 Å². The van der Waals surface area contributed by atoms with Gasteiger partial charge in [-0.2, -0.15) is 5.10 Å². The first-order valence-electron chi connectivity index (χ1n) is 6.55. The lowest BCUT2D eigenvalue weighted by molar-refractivity contribution is 0.613. The summed E-state index contributed by atoms with van der Waals surface area (Å²) >= 11 is 11.0. The number of benzene rings is 1. The van der Waals surface area contributed by atoms with E-state index in [4.69, 9.17) is 23.8 Å². The molecule has 0 amide bonds. The smallest absolute Gasteiger partial charge is 0.171 e. The summed E-state index contributed by atoms with van der Waals surface area (Å²) in [6.07, 6.45) is 1.92. The van der Waals surface area contributed by atoms with Crippen LogP contribution in [0.5, 0.6) is 0 Å². The molecule has 1 heterocycles. The summed E-state index contributed by atoms with van der Waals surface area (Å²) in [7, 11) is 0. The summed E-state index contributed by atoms with van der Waals surface area (Å²) in [5.74, 6) is -0.459. The molecule has 1 aromatic heterocycles. The second-order valence-electron chi connectivity index (χ2n) is 4.55. The van der Waals surface area contributed by atoms with Gasteiger partial charge in [0.15, 0.2) is 5.11 Å². The number of nitrogens with one attached hydrogen (secondary N) is 2. The van der Waals surface area contributed by atoms with E-state index in [9.17, 15) is 4.39 Å². The van der Waals surface area contributed by atoms with Gasteiger partial charge in [-0.25, -0.2) is 4.39 Å². The normalized spacial score (nSPS) is 12.0. The predicted molar refractivity (Wildman–Crippen MR) is 87.1 cm³/mol. The van der Waals surface area contributed by atoms with Crippen LogP contribution in [-0.2, 0) is 6.54 Å². The summed E-state index contributed by atoms with van der Waals surface area (Å²) in [6.45, 7) is 4.82. The second kappa shape index (κ2) is 6.87. The van der Waals surface area contributed by atoms with E-state index in [-0.39, 0.29) is 11.1 Å². The highest BCUT2D eigenvalue weighted by atomic mass is 35.5. The Balaban J connectivity index is 1.96. The van der Waals surface area contributed by atoms with Crippen LogP contribution in [0, 0.1) is 5.82 Å². The van der Waals surface area contributed by atoms with Crippen molar-refractivity contribution in [1.29, 1.82) is 0 Å². The van der Waals surface area contributed by atoms with E-state index in [0.717, 1.165) is 12.2 Å². The van der Waals surface area contributed by atoms with Gasteiger partial charge in [0.05, 0.1) is 16.8 Å². The molecule has 0 fully saturated rings. The number of hydrogen-bond donors (Lipinski definition) is 2. The summed E-state index contributed by atoms with van der Waals surface area (Å²) in [4.78, 5) is 0. The fourth-order valence-corrected chi connectivity index (χ4v) is 2.27. The quantitative estimate of drug-likeness (QED) is 0.840. The van der Waals surface area contributed by atoms with Crippen LogP contribution in [0.3, 0.4) is 0 Å². The Kier molecular flexibility index (Phi) is 5.14. The third kappa shape index (κ3) is 4.15. The Morgan fingerprint density at radius 3 is 2.86 bits per heavy atom. The highest BCUT2D eigenvalue weighted by Crippen LogP contribution is 2.19. The number of anilines is 1. The lowest BCUT2D eigenvalue weighted by Gasteiger charge is -2.15. The number of aryl methyl sites for hydroxylation is 1. The van der Waals surface area contributed by atoms with Crippen molar-refractivity contribution in [2.75, 3.05) is 5.32 Å². The third-order valence-electron chi connectivity index (χ3n) is 2.95. The maximum atomic E-state index is 13.1. The summed E-state index contributed by atoms with van der Waals surface area (Å²) in [5, 5.41) is 11.0. The maximum Gasteiger partial charge on any atom is 0.171 e. The minimum atomic E-state index is -0.459. The number of aromatic nitrogens is 2. The van der Waals surface area contributed by atoms with Gasteiger partial charge in [0, 0.05) is 18.4 Å². The van der Waals surface area contributed by atoms with Gasteiger partial charge in [0.25, 0.3) is 0 Å². The van der Waals surface area contributed by atoms with Crippen LogP contribution >= 0.6 is 23.8 Å². The molecule has 2 aromatic rings. The fraction of sp³-hybridized carbons (Fsp3) is 0.286. The van der Waals surface area contributed by atoms with Gasteiger partial charge in [-0.05, 0) is 50.3 Å². The standard InChI is InChI=1S/C14H16ClFN4S/c1-3-20-7-6-13(19-20)9(2)17-14(21)18-10-4-5-12(16)11(15)8-10/h4-9H,3H2,1-2H3,(H2,17,18,21). The molecule has 1 atom stereocenters. The predicted octanol–water partition coefficient (Wildman–Crippen LogP) is 3.74. The van der Waals surface area contributed by atoms with Crippen LogP contribution in [0.1, 0.15) is 25.6 Å². The Morgan fingerprint density at radius 2 is 2.24 bits per heavy atom. The fourth-order valence-electron chi connectivity index (χ4n) is 1.80. The summed E-state index contributed by atoms with van der Waals surface area (Å²) < 4.78 is 14.9. The van der Waals surface area contributed by atoms with Crippen LogP contribution in [0.2, 0.25) is 5.02 Å². The van der Waals surface area contributed by atoms with Crippen LogP contribution in [-0.4, -0.2) is 14.9 Å². The van der Waals surface area contributed by atoms with E-state index >= 15 is 0 Å². The van der Waals surface area contributed by atoms with E-state index < -0.39 is 5.82 Å². The third-order valence-corrected chi connectivity index (χ3v) is 3.46. The van der Waals surface area contributed by atoms with Crippen molar-refractivity contribution in [3.63, 3.8) is 0 Å². The number of halogens is 2. The number of nitrogens with zero attached hydrogens (tertiary/aromatic N) is 2. The van der Waals surface area contributed by atoms with Crippen molar-refractivity contribution in [3.05, 3.63) is 47.0 Å². The monoisotopic (exact) mass is 326 g/mol. The van der Waals surface area contributed by atoms with E-state index in [1.165, 1.54) is 12.1 Å². The molecule has 4 nitrogen and oxygen atoms in total. The molecule has 0 aliphatic carbocycles. The van der Waals surface area contributed by atoms with Gasteiger partial charge in [-0.15, -0.1) is 0 Å². The first kappa shape index (κ1) is 15.7. The first-order chi connectivity index (χ1) is 9.99. The van der Waals surface area contributed by atoms with Crippen LogP contribution in [0.15, 0.2) is 30.5 Å². The Labute approximate surface area is 133 Å². The molecular formula is C14H16ClFN4S. The lowest BCUT2D eigenvalue weighted by atomic mass is 10.2. The largest absolute Gasteiger partial charge is 0.354 e. The number of rotatable bonds is 4. The van der Waals surface area contributed by atoms with Crippen molar-refractivity contribution in [2.45, 2.75) is 26.4 Å². The molecule has 112 valence electrons. The zero-order chi connectivity index (χ0) is 15.4. The van der Waals surface area contributed by atoms with E-state index in [1.54, 1.807) is 6.07 Å². The number of hydrogen-bond acceptors (Lipinski definition) is 2. The van der Waals surface area contributed by atoms with E-state index in [1.807, 2.05) is 30.8 Å². The molecule has 21 heavy (non-hydrogen) atoms. The van der Waals surface area contributed by atoms with Gasteiger partial charge in [0.1, 0.15) is 5.82 Å². The SMILES string of the molecule is CCn1ccc(C(C)NC(=S)Nc2ccc(F)c(Cl)c2)n1. The zero-order valence-electron chi connectivity index (χ0n) is 11.7. The number of thiocarbonyl (C=S) groups is 1. The molecule has 0 saturated carbocycles. The van der Waals surface area contributed by atoms with Crippen molar-refractivity contribution >= 4 is 34.6 Å². The Morgan fingerprint density at radius 1 is 1.48 bits per heavy atom. The molecule has 1 aromatic carbocycles. The van der Waals surface area contributed by atoms with Gasteiger partial charge >= 0.3 is 0 Å². The molecule has 0 aliphatic rings. The molecule has 1 unspecified atom stereocenters. The molecule has 2 N–H and O–H groups in total. The van der Waals surface area contributed by atoms with E-state index in [0.29, 0.717) is 10.8 Å². The summed E-state index contributed by atoms with van der Waals surface area (Å²) in [5.41, 5.74) is 1.53. The molecule has 0 radical (unpaired) electrons. The minimum Gasteiger partial charge on any atom is -0.354 e. The zero-order valence-corrected chi connectivity index (χ0v) is 13.3. The highest BCUT2D eigenvalue weighted by Gasteiger charge is 2.10. The minimum absolute atomic E-state index is 0.0336. The molecule has 7 heteroatoms. The molecule has 0 spiro atoms. The van der Waals surface area contributed by atoms with Crippen LogP contribution < -0.4 is 10.6 Å². The maximum absolute atomic E-state index is 13.1. The lowest BCUT2D eigenvalue weighted by Crippen LogP contribution is -2.31. The average Bonchev–Trinajstić information content (AvgIpc) is 2.92. The van der Waals surface area contributed by atoms with Gasteiger partial charge in [-0.1, -0.05) is 11.6 Å². The Bertz CT molecular complexity index is 644. The van der Waals surface area contributed by atoms with Gasteiger partial charge in [0.2, 0.25) is 0 Å².